The van der Waals surface area contributed by atoms with Gasteiger partial charge in [-0.05, 0) is 11.6 Å². The molecule has 0 spiro atoms. The summed E-state index contributed by atoms with van der Waals surface area (Å²) in [6, 6.07) is 9.48. The van der Waals surface area contributed by atoms with Gasteiger partial charge in [0.15, 0.2) is 5.78 Å². The van der Waals surface area contributed by atoms with Crippen LogP contribution in [-0.2, 0) is 9.59 Å². The van der Waals surface area contributed by atoms with E-state index in [4.69, 9.17) is 0 Å². The molecule has 0 saturated heterocycles. The Balaban J connectivity index is 2.52. The molecule has 3 heteroatoms. The van der Waals surface area contributed by atoms with Gasteiger partial charge in [-0.2, -0.15) is 0 Å². The second-order valence-corrected chi connectivity index (χ2v) is 3.06. The van der Waals surface area contributed by atoms with Crippen molar-refractivity contribution in [2.75, 3.05) is 7.05 Å². The average molecular weight is 203 g/mol. The Kier molecular flexibility index (Phi) is 4.29. The van der Waals surface area contributed by atoms with Crippen LogP contribution < -0.4 is 5.32 Å². The lowest BCUT2D eigenvalue weighted by molar-refractivity contribution is -0.125. The van der Waals surface area contributed by atoms with Gasteiger partial charge in [-0.3, -0.25) is 9.59 Å². The summed E-state index contributed by atoms with van der Waals surface area (Å²) in [5.41, 5.74) is 0.947. The minimum absolute atomic E-state index is 0.0974. The summed E-state index contributed by atoms with van der Waals surface area (Å²) in [7, 11) is 1.51. The van der Waals surface area contributed by atoms with Gasteiger partial charge in [-0.1, -0.05) is 36.4 Å². The number of rotatable bonds is 4. The van der Waals surface area contributed by atoms with Gasteiger partial charge < -0.3 is 5.32 Å². The fourth-order valence-electron chi connectivity index (χ4n) is 1.06. The zero-order chi connectivity index (χ0) is 11.1. The Morgan fingerprint density at radius 3 is 2.53 bits per heavy atom. The first-order valence-corrected chi connectivity index (χ1v) is 4.69. The Morgan fingerprint density at radius 1 is 1.27 bits per heavy atom. The predicted octanol–water partition coefficient (Wildman–Crippen LogP) is 1.41. The van der Waals surface area contributed by atoms with Crippen molar-refractivity contribution in [1.29, 1.82) is 0 Å². The third kappa shape index (κ3) is 4.22. The van der Waals surface area contributed by atoms with Gasteiger partial charge in [-0.25, -0.2) is 0 Å². The highest BCUT2D eigenvalue weighted by Crippen LogP contribution is 2.01. The van der Waals surface area contributed by atoms with Crippen LogP contribution in [0.3, 0.4) is 0 Å². The molecule has 78 valence electrons. The van der Waals surface area contributed by atoms with Crippen molar-refractivity contribution in [2.45, 2.75) is 6.42 Å². The second-order valence-electron chi connectivity index (χ2n) is 3.06. The first kappa shape index (κ1) is 11.2. The number of nitrogens with one attached hydrogen (secondary N) is 1. The van der Waals surface area contributed by atoms with Crippen LogP contribution in [0, 0.1) is 0 Å². The summed E-state index contributed by atoms with van der Waals surface area (Å²) in [6.45, 7) is 0. The van der Waals surface area contributed by atoms with Crippen molar-refractivity contribution >= 4 is 17.8 Å². The normalized spacial score (nSPS) is 10.2. The third-order valence-corrected chi connectivity index (χ3v) is 1.87. The first-order chi connectivity index (χ1) is 7.22. The molecule has 1 N–H and O–H groups in total. The van der Waals surface area contributed by atoms with Crippen molar-refractivity contribution in [3.63, 3.8) is 0 Å². The van der Waals surface area contributed by atoms with Crippen molar-refractivity contribution in [3.8, 4) is 0 Å². The van der Waals surface area contributed by atoms with Crippen LogP contribution in [0.5, 0.6) is 0 Å². The van der Waals surface area contributed by atoms with E-state index in [0.717, 1.165) is 5.56 Å². The summed E-state index contributed by atoms with van der Waals surface area (Å²) in [4.78, 5) is 22.1. The molecule has 15 heavy (non-hydrogen) atoms. The molecule has 0 aliphatic heterocycles. The van der Waals surface area contributed by atoms with Crippen LogP contribution in [0.15, 0.2) is 36.4 Å². The van der Waals surface area contributed by atoms with Gasteiger partial charge in [0.25, 0.3) is 0 Å². The smallest absolute Gasteiger partial charge is 0.227 e. The number of allylic oxidation sites excluding steroid dienone is 1. The quantitative estimate of drug-likeness (QED) is 0.594. The third-order valence-electron chi connectivity index (χ3n) is 1.87. The number of benzene rings is 1. The molecule has 0 unspecified atom stereocenters. The van der Waals surface area contributed by atoms with Crippen molar-refractivity contribution < 1.29 is 9.59 Å². The molecule has 0 atom stereocenters. The molecule has 3 nitrogen and oxygen atoms in total. The van der Waals surface area contributed by atoms with Crippen LogP contribution in [0.1, 0.15) is 12.0 Å². The maximum absolute atomic E-state index is 11.2. The number of amides is 1. The number of hydrogen-bond acceptors (Lipinski definition) is 2. The highest BCUT2D eigenvalue weighted by molar-refractivity contribution is 6.05. The van der Waals surface area contributed by atoms with Crippen molar-refractivity contribution in [3.05, 3.63) is 42.0 Å². The van der Waals surface area contributed by atoms with Crippen LogP contribution in [0.2, 0.25) is 0 Å². The zero-order valence-electron chi connectivity index (χ0n) is 8.57. The maximum Gasteiger partial charge on any atom is 0.227 e. The predicted molar refractivity (Wildman–Crippen MR) is 59.2 cm³/mol. The fourth-order valence-corrected chi connectivity index (χ4v) is 1.06. The number of ketones is 1. The SMILES string of the molecule is CNC(=O)CC(=O)/C=C/c1ccccc1. The van der Waals surface area contributed by atoms with E-state index in [0.29, 0.717) is 0 Å². The molecule has 0 aromatic heterocycles. The summed E-state index contributed by atoms with van der Waals surface area (Å²) in [5.74, 6) is -0.462. The van der Waals surface area contributed by atoms with Gasteiger partial charge in [0.05, 0.1) is 6.42 Å². The Labute approximate surface area is 88.8 Å². The Bertz CT molecular complexity index is 368. The highest BCUT2D eigenvalue weighted by atomic mass is 16.2. The molecule has 1 amide bonds. The van der Waals surface area contributed by atoms with Crippen molar-refractivity contribution in [2.24, 2.45) is 0 Å². The number of carbonyl (C=O) groups excluding carboxylic acids is 2. The molecule has 0 aliphatic rings. The maximum atomic E-state index is 11.2. The van der Waals surface area contributed by atoms with Crippen LogP contribution in [0.25, 0.3) is 6.08 Å². The lowest BCUT2D eigenvalue weighted by Crippen LogP contribution is -2.20. The minimum atomic E-state index is -0.266. The molecule has 1 aromatic rings. The molecule has 0 radical (unpaired) electrons. The molecule has 0 aliphatic carbocycles. The van der Waals surface area contributed by atoms with E-state index < -0.39 is 0 Å². The van der Waals surface area contributed by atoms with Crippen LogP contribution >= 0.6 is 0 Å². The van der Waals surface area contributed by atoms with Crippen LogP contribution in [0.4, 0.5) is 0 Å². The van der Waals surface area contributed by atoms with E-state index >= 15 is 0 Å². The van der Waals surface area contributed by atoms with Gasteiger partial charge >= 0.3 is 0 Å². The largest absolute Gasteiger partial charge is 0.359 e. The molecular formula is C12H13NO2. The molecule has 0 bridgehead atoms. The highest BCUT2D eigenvalue weighted by Gasteiger charge is 2.03. The Morgan fingerprint density at radius 2 is 1.93 bits per heavy atom. The minimum Gasteiger partial charge on any atom is -0.359 e. The zero-order valence-corrected chi connectivity index (χ0v) is 8.57. The molecule has 1 aromatic carbocycles. The lowest BCUT2D eigenvalue weighted by atomic mass is 10.2. The lowest BCUT2D eigenvalue weighted by Gasteiger charge is -1.94. The number of hydrogen-bond donors (Lipinski definition) is 1. The summed E-state index contributed by atoms with van der Waals surface area (Å²) < 4.78 is 0. The van der Waals surface area contributed by atoms with Gasteiger partial charge in [0.2, 0.25) is 5.91 Å². The van der Waals surface area contributed by atoms with E-state index in [1.54, 1.807) is 6.08 Å². The van der Waals surface area contributed by atoms with E-state index in [9.17, 15) is 9.59 Å². The Hall–Kier alpha value is -1.90. The fraction of sp³-hybridized carbons (Fsp3) is 0.167. The van der Waals surface area contributed by atoms with E-state index in [2.05, 4.69) is 5.32 Å². The molecular weight excluding hydrogens is 190 g/mol. The number of carbonyl (C=O) groups is 2. The van der Waals surface area contributed by atoms with E-state index in [1.165, 1.54) is 13.1 Å². The molecule has 0 heterocycles. The van der Waals surface area contributed by atoms with Crippen LogP contribution in [-0.4, -0.2) is 18.7 Å². The van der Waals surface area contributed by atoms with Crippen molar-refractivity contribution in [1.82, 2.24) is 5.32 Å². The van der Waals surface area contributed by atoms with E-state index in [1.807, 2.05) is 30.3 Å². The van der Waals surface area contributed by atoms with E-state index in [-0.39, 0.29) is 18.1 Å². The van der Waals surface area contributed by atoms with Gasteiger partial charge in [0, 0.05) is 7.05 Å². The summed E-state index contributed by atoms with van der Waals surface area (Å²) in [6.07, 6.45) is 3.02. The monoisotopic (exact) mass is 203 g/mol. The van der Waals surface area contributed by atoms with Gasteiger partial charge in [0.1, 0.15) is 0 Å². The average Bonchev–Trinajstić information content (AvgIpc) is 2.27. The molecule has 0 fully saturated rings. The molecule has 0 saturated carbocycles. The summed E-state index contributed by atoms with van der Waals surface area (Å²) in [5, 5.41) is 2.40. The topological polar surface area (TPSA) is 46.2 Å². The first-order valence-electron chi connectivity index (χ1n) is 4.69. The summed E-state index contributed by atoms with van der Waals surface area (Å²) >= 11 is 0. The second kappa shape index (κ2) is 5.75. The van der Waals surface area contributed by atoms with Gasteiger partial charge in [-0.15, -0.1) is 0 Å². The molecule has 1 rings (SSSR count). The standard InChI is InChI=1S/C12H13NO2/c1-13-12(15)9-11(14)8-7-10-5-3-2-4-6-10/h2-8H,9H2,1H3,(H,13,15)/b8-7+.